The fourth-order valence-electron chi connectivity index (χ4n) is 2.82. The first-order valence-corrected chi connectivity index (χ1v) is 8.43. The number of halogens is 1. The van der Waals surface area contributed by atoms with Crippen molar-refractivity contribution >= 4 is 22.8 Å². The van der Waals surface area contributed by atoms with Gasteiger partial charge in [0.15, 0.2) is 11.2 Å². The maximum atomic E-state index is 12.5. The van der Waals surface area contributed by atoms with Crippen molar-refractivity contribution < 1.29 is 4.42 Å². The summed E-state index contributed by atoms with van der Waals surface area (Å²) in [6.45, 7) is 0.00601. The van der Waals surface area contributed by atoms with Gasteiger partial charge in [-0.2, -0.15) is 10.2 Å². The van der Waals surface area contributed by atoms with Crippen LogP contribution in [0.4, 0.5) is 0 Å². The largest absolute Gasteiger partial charge is 0.419 e. The third-order valence-electron chi connectivity index (χ3n) is 4.32. The van der Waals surface area contributed by atoms with Gasteiger partial charge >= 0.3 is 5.69 Å². The molecule has 3 heterocycles. The molecule has 28 heavy (non-hydrogen) atoms. The number of hydrogen-bond acceptors (Lipinski definition) is 7. The zero-order valence-electron chi connectivity index (χ0n) is 14.7. The molecule has 0 aliphatic rings. The van der Waals surface area contributed by atoms with Crippen molar-refractivity contribution in [2.24, 2.45) is 14.1 Å². The van der Waals surface area contributed by atoms with Crippen LogP contribution >= 0.6 is 11.6 Å². The molecule has 10 nitrogen and oxygen atoms in total. The van der Waals surface area contributed by atoms with Crippen molar-refractivity contribution in [1.82, 2.24) is 28.9 Å². The number of aromatic nitrogens is 6. The molecule has 0 atom stereocenters. The molecular weight excluding hydrogens is 386 g/mol. The lowest BCUT2D eigenvalue weighted by atomic mass is 10.1. The lowest BCUT2D eigenvalue weighted by Gasteiger charge is -2.05. The summed E-state index contributed by atoms with van der Waals surface area (Å²) in [5.74, 6) is 0.469. The lowest BCUT2D eigenvalue weighted by molar-refractivity contribution is 0.491. The summed E-state index contributed by atoms with van der Waals surface area (Å²) in [6.07, 6.45) is 0. The van der Waals surface area contributed by atoms with Crippen LogP contribution in [-0.2, 0) is 20.6 Å². The Bertz CT molecular complexity index is 1370. The maximum absolute atomic E-state index is 12.5. The fourth-order valence-corrected chi connectivity index (χ4v) is 3.05. The first-order valence-electron chi connectivity index (χ1n) is 8.05. The molecule has 4 rings (SSSR count). The van der Waals surface area contributed by atoms with Gasteiger partial charge in [-0.05, 0) is 35.9 Å². The van der Waals surface area contributed by atoms with Gasteiger partial charge < -0.3 is 4.42 Å². The molecule has 0 N–H and O–H groups in total. The number of imidazole rings is 1. The van der Waals surface area contributed by atoms with E-state index in [9.17, 15) is 9.59 Å². The second-order valence-corrected chi connectivity index (χ2v) is 6.37. The van der Waals surface area contributed by atoms with Crippen LogP contribution in [0, 0.1) is 11.3 Å². The van der Waals surface area contributed by atoms with E-state index in [4.69, 9.17) is 21.3 Å². The number of hydrogen-bond donors (Lipinski definition) is 0. The molecule has 3 aromatic heterocycles. The number of rotatable bonds is 3. The van der Waals surface area contributed by atoms with Gasteiger partial charge in [0.1, 0.15) is 6.54 Å². The molecule has 4 aromatic rings. The monoisotopic (exact) mass is 397 g/mol. The van der Waals surface area contributed by atoms with Crippen molar-refractivity contribution in [2.75, 3.05) is 0 Å². The Morgan fingerprint density at radius 3 is 2.54 bits per heavy atom. The predicted molar refractivity (Wildman–Crippen MR) is 98.8 cm³/mol. The number of fused-ring (bicyclic) bond motifs is 1. The second kappa shape index (κ2) is 6.47. The minimum atomic E-state index is -0.524. The molecule has 0 radical (unpaired) electrons. The van der Waals surface area contributed by atoms with Crippen LogP contribution in [0.1, 0.15) is 11.5 Å². The van der Waals surface area contributed by atoms with Crippen LogP contribution in [0.15, 0.2) is 38.3 Å². The zero-order chi connectivity index (χ0) is 20.0. The molecule has 0 spiro atoms. The summed E-state index contributed by atoms with van der Waals surface area (Å²) in [4.78, 5) is 28.7. The average molecular weight is 398 g/mol. The van der Waals surface area contributed by atoms with E-state index in [0.717, 1.165) is 4.57 Å². The Balaban J connectivity index is 1.76. The Kier molecular flexibility index (Phi) is 4.09. The van der Waals surface area contributed by atoms with Crippen molar-refractivity contribution in [3.63, 3.8) is 0 Å². The number of nitrogens with zero attached hydrogens (tertiary/aromatic N) is 7. The van der Waals surface area contributed by atoms with Gasteiger partial charge in [0.2, 0.25) is 17.1 Å². The molecule has 11 heteroatoms. The van der Waals surface area contributed by atoms with Gasteiger partial charge in [-0.1, -0.05) is 0 Å². The van der Waals surface area contributed by atoms with E-state index < -0.39 is 11.2 Å². The summed E-state index contributed by atoms with van der Waals surface area (Å²) in [6, 6.07) is 8.71. The van der Waals surface area contributed by atoms with Crippen LogP contribution in [-0.4, -0.2) is 28.9 Å². The van der Waals surface area contributed by atoms with Gasteiger partial charge in [-0.3, -0.25) is 18.5 Å². The highest BCUT2D eigenvalue weighted by Crippen LogP contribution is 2.21. The number of benzene rings is 1. The maximum Gasteiger partial charge on any atom is 0.332 e. The standard InChI is InChI=1S/C17H12ClN7O3/c1-23-13-12(15(26)24(2)17(23)27)25(16(18)20-13)8-11-21-22-14(28-11)10-5-3-9(7-19)4-6-10/h3-6H,8H2,1-2H3. The van der Waals surface area contributed by atoms with Crippen molar-refractivity contribution in [3.05, 3.63) is 61.8 Å². The number of aryl methyl sites for hydroxylation is 1. The summed E-state index contributed by atoms with van der Waals surface area (Å²) in [5, 5.41) is 16.9. The van der Waals surface area contributed by atoms with E-state index >= 15 is 0 Å². The Labute approximate surface area is 161 Å². The summed E-state index contributed by atoms with van der Waals surface area (Å²) < 4.78 is 9.29. The highest BCUT2D eigenvalue weighted by atomic mass is 35.5. The SMILES string of the molecule is Cn1c(=O)c2c(nc(Cl)n2Cc2nnc(-c3ccc(C#N)cc3)o2)n(C)c1=O. The molecule has 0 bridgehead atoms. The van der Waals surface area contributed by atoms with E-state index in [1.165, 1.54) is 23.2 Å². The van der Waals surface area contributed by atoms with E-state index in [1.54, 1.807) is 24.3 Å². The fraction of sp³-hybridized carbons (Fsp3) is 0.176. The molecule has 0 aliphatic carbocycles. The molecule has 0 fully saturated rings. The van der Waals surface area contributed by atoms with Crippen molar-refractivity contribution in [1.29, 1.82) is 5.26 Å². The molecule has 0 amide bonds. The second-order valence-electron chi connectivity index (χ2n) is 6.04. The van der Waals surface area contributed by atoms with E-state index in [1.807, 2.05) is 6.07 Å². The van der Waals surface area contributed by atoms with Gasteiger partial charge in [0.25, 0.3) is 5.56 Å². The molecule has 140 valence electrons. The first kappa shape index (κ1) is 17.7. The van der Waals surface area contributed by atoms with Crippen LogP contribution in [0.25, 0.3) is 22.6 Å². The smallest absolute Gasteiger partial charge is 0.332 e. The third-order valence-corrected chi connectivity index (χ3v) is 4.61. The minimum absolute atomic E-state index is 0.00601. The predicted octanol–water partition coefficient (Wildman–Crippen LogP) is 1.06. The molecular formula is C17H12ClN7O3. The van der Waals surface area contributed by atoms with E-state index in [0.29, 0.717) is 11.1 Å². The van der Waals surface area contributed by atoms with Crippen LogP contribution in [0.2, 0.25) is 5.28 Å². The van der Waals surface area contributed by atoms with Crippen molar-refractivity contribution in [3.8, 4) is 17.5 Å². The van der Waals surface area contributed by atoms with Gasteiger partial charge in [0.05, 0.1) is 11.6 Å². The quantitative estimate of drug-likeness (QED) is 0.473. The molecule has 0 aliphatic heterocycles. The molecule has 0 unspecified atom stereocenters. The van der Waals surface area contributed by atoms with Crippen LogP contribution in [0.3, 0.4) is 0 Å². The van der Waals surface area contributed by atoms with Gasteiger partial charge in [-0.25, -0.2) is 4.79 Å². The Hall–Kier alpha value is -3.71. The normalized spacial score (nSPS) is 11.1. The van der Waals surface area contributed by atoms with Crippen LogP contribution < -0.4 is 11.2 Å². The molecule has 0 saturated carbocycles. The minimum Gasteiger partial charge on any atom is -0.419 e. The van der Waals surface area contributed by atoms with E-state index in [-0.39, 0.29) is 34.8 Å². The highest BCUT2D eigenvalue weighted by Gasteiger charge is 2.20. The highest BCUT2D eigenvalue weighted by molar-refractivity contribution is 6.29. The Morgan fingerprint density at radius 2 is 1.86 bits per heavy atom. The topological polar surface area (TPSA) is 125 Å². The van der Waals surface area contributed by atoms with Gasteiger partial charge in [-0.15, -0.1) is 10.2 Å². The molecule has 0 saturated heterocycles. The summed E-state index contributed by atoms with van der Waals surface area (Å²) >= 11 is 6.19. The average Bonchev–Trinajstić information content (AvgIpc) is 3.30. The third kappa shape index (κ3) is 2.69. The number of nitriles is 1. The van der Waals surface area contributed by atoms with Crippen LogP contribution in [0.5, 0.6) is 0 Å². The zero-order valence-corrected chi connectivity index (χ0v) is 15.5. The van der Waals surface area contributed by atoms with Gasteiger partial charge in [0, 0.05) is 19.7 Å². The lowest BCUT2D eigenvalue weighted by Crippen LogP contribution is -2.37. The van der Waals surface area contributed by atoms with Crippen molar-refractivity contribution in [2.45, 2.75) is 6.54 Å². The molecule has 1 aromatic carbocycles. The summed E-state index contributed by atoms with van der Waals surface area (Å²) in [7, 11) is 2.89. The Morgan fingerprint density at radius 1 is 1.14 bits per heavy atom. The van der Waals surface area contributed by atoms with E-state index in [2.05, 4.69) is 15.2 Å². The first-order chi connectivity index (χ1) is 13.4. The summed E-state index contributed by atoms with van der Waals surface area (Å²) in [5.41, 5.74) is 0.473.